The molecule has 0 bridgehead atoms. The van der Waals surface area contributed by atoms with Gasteiger partial charge in [0.15, 0.2) is 0 Å². The Labute approximate surface area is 91.5 Å². The normalized spacial score (nSPS) is 32.3. The van der Waals surface area contributed by atoms with Crippen LogP contribution in [0.15, 0.2) is 12.2 Å². The van der Waals surface area contributed by atoms with Crippen molar-refractivity contribution in [3.63, 3.8) is 0 Å². The van der Waals surface area contributed by atoms with Gasteiger partial charge >= 0.3 is 0 Å². The molecule has 0 saturated carbocycles. The summed E-state index contributed by atoms with van der Waals surface area (Å²) in [5, 5.41) is 3.45. The maximum absolute atomic E-state index is 12.1. The van der Waals surface area contributed by atoms with Gasteiger partial charge in [-0.3, -0.25) is 4.79 Å². The Bertz CT molecular complexity index is 257. The van der Waals surface area contributed by atoms with E-state index in [4.69, 9.17) is 0 Å². The SMILES string of the molecule is CC1CN(C(=O)C2CC=CC2)CC(C)N1. The molecule has 2 aliphatic rings. The topological polar surface area (TPSA) is 32.3 Å². The number of rotatable bonds is 1. The first-order valence-corrected chi connectivity index (χ1v) is 5.86. The summed E-state index contributed by atoms with van der Waals surface area (Å²) in [6.45, 7) is 6.00. The van der Waals surface area contributed by atoms with Gasteiger partial charge in [0.1, 0.15) is 0 Å². The minimum absolute atomic E-state index is 0.225. The molecule has 0 radical (unpaired) electrons. The summed E-state index contributed by atoms with van der Waals surface area (Å²) < 4.78 is 0. The molecule has 84 valence electrons. The van der Waals surface area contributed by atoms with Crippen LogP contribution in [-0.4, -0.2) is 36.0 Å². The molecule has 1 aliphatic heterocycles. The molecule has 0 aromatic carbocycles. The lowest BCUT2D eigenvalue weighted by Crippen LogP contribution is -2.56. The molecule has 0 aromatic rings. The Hall–Kier alpha value is -0.830. The van der Waals surface area contributed by atoms with Crippen molar-refractivity contribution >= 4 is 5.91 Å². The third kappa shape index (κ3) is 2.40. The van der Waals surface area contributed by atoms with Crippen LogP contribution in [0.5, 0.6) is 0 Å². The minimum atomic E-state index is 0.225. The second kappa shape index (κ2) is 4.35. The third-order valence-electron chi connectivity index (χ3n) is 3.23. The molecule has 1 N–H and O–H groups in total. The fraction of sp³-hybridized carbons (Fsp3) is 0.750. The van der Waals surface area contributed by atoms with Crippen LogP contribution in [0, 0.1) is 5.92 Å². The second-order valence-corrected chi connectivity index (χ2v) is 4.85. The smallest absolute Gasteiger partial charge is 0.226 e. The largest absolute Gasteiger partial charge is 0.339 e. The summed E-state index contributed by atoms with van der Waals surface area (Å²) in [5.41, 5.74) is 0. The zero-order chi connectivity index (χ0) is 10.8. The van der Waals surface area contributed by atoms with Crippen LogP contribution in [-0.2, 0) is 4.79 Å². The van der Waals surface area contributed by atoms with Crippen molar-refractivity contribution in [3.8, 4) is 0 Å². The lowest BCUT2D eigenvalue weighted by molar-refractivity contribution is -0.136. The van der Waals surface area contributed by atoms with Crippen LogP contribution in [0.3, 0.4) is 0 Å². The summed E-state index contributed by atoms with van der Waals surface area (Å²) in [7, 11) is 0. The molecule has 1 saturated heterocycles. The van der Waals surface area contributed by atoms with Gasteiger partial charge in [-0.05, 0) is 26.7 Å². The first-order chi connectivity index (χ1) is 7.16. The average Bonchev–Trinajstić information content (AvgIpc) is 2.67. The number of nitrogens with one attached hydrogen (secondary N) is 1. The van der Waals surface area contributed by atoms with Crippen molar-refractivity contribution in [1.82, 2.24) is 10.2 Å². The Morgan fingerprint density at radius 1 is 1.20 bits per heavy atom. The van der Waals surface area contributed by atoms with E-state index in [1.165, 1.54) is 0 Å². The van der Waals surface area contributed by atoms with Crippen LogP contribution >= 0.6 is 0 Å². The molecule has 1 amide bonds. The predicted molar refractivity (Wildman–Crippen MR) is 60.5 cm³/mol. The van der Waals surface area contributed by atoms with Crippen molar-refractivity contribution in [2.24, 2.45) is 5.92 Å². The fourth-order valence-corrected chi connectivity index (χ4v) is 2.58. The summed E-state index contributed by atoms with van der Waals surface area (Å²) >= 11 is 0. The van der Waals surface area contributed by atoms with E-state index >= 15 is 0 Å². The zero-order valence-corrected chi connectivity index (χ0v) is 9.57. The van der Waals surface area contributed by atoms with Crippen LogP contribution < -0.4 is 5.32 Å². The average molecular weight is 208 g/mol. The maximum Gasteiger partial charge on any atom is 0.226 e. The number of carbonyl (C=O) groups is 1. The number of hydrogen-bond donors (Lipinski definition) is 1. The lowest BCUT2D eigenvalue weighted by atomic mass is 10.0. The van der Waals surface area contributed by atoms with Crippen molar-refractivity contribution < 1.29 is 4.79 Å². The fourth-order valence-electron chi connectivity index (χ4n) is 2.58. The number of amides is 1. The van der Waals surface area contributed by atoms with Gasteiger partial charge < -0.3 is 10.2 Å². The van der Waals surface area contributed by atoms with E-state index in [0.29, 0.717) is 18.0 Å². The van der Waals surface area contributed by atoms with Gasteiger partial charge in [-0.2, -0.15) is 0 Å². The van der Waals surface area contributed by atoms with E-state index in [9.17, 15) is 4.79 Å². The molecule has 2 atom stereocenters. The first-order valence-electron chi connectivity index (χ1n) is 5.86. The third-order valence-corrected chi connectivity index (χ3v) is 3.23. The summed E-state index contributed by atoms with van der Waals surface area (Å²) in [6, 6.07) is 0.846. The summed E-state index contributed by atoms with van der Waals surface area (Å²) in [6.07, 6.45) is 6.12. The Morgan fingerprint density at radius 3 is 2.27 bits per heavy atom. The van der Waals surface area contributed by atoms with Crippen molar-refractivity contribution in [3.05, 3.63) is 12.2 Å². The highest BCUT2D eigenvalue weighted by atomic mass is 16.2. The lowest BCUT2D eigenvalue weighted by Gasteiger charge is -2.37. The predicted octanol–water partition coefficient (Wildman–Crippen LogP) is 1.16. The van der Waals surface area contributed by atoms with Crippen molar-refractivity contribution in [1.29, 1.82) is 0 Å². The van der Waals surface area contributed by atoms with Gasteiger partial charge in [0.2, 0.25) is 5.91 Å². The van der Waals surface area contributed by atoms with E-state index in [0.717, 1.165) is 25.9 Å². The molecule has 15 heavy (non-hydrogen) atoms. The standard InChI is InChI=1S/C12H20N2O/c1-9-7-14(8-10(2)13-9)12(15)11-5-3-4-6-11/h3-4,9-11,13H,5-8H2,1-2H3. The van der Waals surface area contributed by atoms with Crippen LogP contribution in [0.4, 0.5) is 0 Å². The molecule has 1 aliphatic carbocycles. The van der Waals surface area contributed by atoms with Crippen LogP contribution in [0.2, 0.25) is 0 Å². The molecule has 0 spiro atoms. The van der Waals surface area contributed by atoms with E-state index in [-0.39, 0.29) is 5.92 Å². The summed E-state index contributed by atoms with van der Waals surface area (Å²) in [4.78, 5) is 14.2. The molecular weight excluding hydrogens is 188 g/mol. The Balaban J connectivity index is 1.94. The van der Waals surface area contributed by atoms with Gasteiger partial charge in [0.05, 0.1) is 0 Å². The Morgan fingerprint density at radius 2 is 1.73 bits per heavy atom. The van der Waals surface area contributed by atoms with Gasteiger partial charge in [-0.15, -0.1) is 0 Å². The van der Waals surface area contributed by atoms with E-state index in [1.54, 1.807) is 0 Å². The van der Waals surface area contributed by atoms with E-state index in [2.05, 4.69) is 31.3 Å². The molecule has 2 unspecified atom stereocenters. The molecule has 2 rings (SSSR count). The first kappa shape index (κ1) is 10.7. The van der Waals surface area contributed by atoms with Crippen molar-refractivity contribution in [2.45, 2.75) is 38.8 Å². The second-order valence-electron chi connectivity index (χ2n) is 4.85. The van der Waals surface area contributed by atoms with Crippen molar-refractivity contribution in [2.75, 3.05) is 13.1 Å². The van der Waals surface area contributed by atoms with Crippen LogP contribution in [0.25, 0.3) is 0 Å². The Kier molecular flexibility index (Phi) is 3.10. The highest BCUT2D eigenvalue weighted by Crippen LogP contribution is 2.21. The summed E-state index contributed by atoms with van der Waals surface area (Å²) in [5.74, 6) is 0.572. The quantitative estimate of drug-likeness (QED) is 0.656. The zero-order valence-electron chi connectivity index (χ0n) is 9.57. The minimum Gasteiger partial charge on any atom is -0.339 e. The monoisotopic (exact) mass is 208 g/mol. The molecule has 0 aromatic heterocycles. The van der Waals surface area contributed by atoms with E-state index < -0.39 is 0 Å². The number of nitrogens with zero attached hydrogens (tertiary/aromatic N) is 1. The van der Waals surface area contributed by atoms with Gasteiger partial charge in [-0.1, -0.05) is 12.2 Å². The van der Waals surface area contributed by atoms with Gasteiger partial charge in [0, 0.05) is 31.1 Å². The number of allylic oxidation sites excluding steroid dienone is 2. The number of carbonyl (C=O) groups excluding carboxylic acids is 1. The maximum atomic E-state index is 12.1. The molecule has 1 fully saturated rings. The highest BCUT2D eigenvalue weighted by molar-refractivity contribution is 5.79. The number of piperazine rings is 1. The van der Waals surface area contributed by atoms with Gasteiger partial charge in [0.25, 0.3) is 0 Å². The molecular formula is C12H20N2O. The molecule has 1 heterocycles. The van der Waals surface area contributed by atoms with Gasteiger partial charge in [-0.25, -0.2) is 0 Å². The molecule has 3 nitrogen and oxygen atoms in total. The highest BCUT2D eigenvalue weighted by Gasteiger charge is 2.29. The van der Waals surface area contributed by atoms with E-state index in [1.807, 2.05) is 4.90 Å². The number of hydrogen-bond acceptors (Lipinski definition) is 2. The molecule has 3 heteroatoms. The van der Waals surface area contributed by atoms with Crippen LogP contribution in [0.1, 0.15) is 26.7 Å².